The van der Waals surface area contributed by atoms with E-state index in [0.717, 1.165) is 5.69 Å². The molecule has 2 N–H and O–H groups in total. The number of aryl methyl sites for hydroxylation is 2. The Morgan fingerprint density at radius 3 is 2.33 bits per heavy atom. The first-order valence-corrected chi connectivity index (χ1v) is 12.3. The highest BCUT2D eigenvalue weighted by Gasteiger charge is 2.23. The van der Waals surface area contributed by atoms with Crippen molar-refractivity contribution in [3.63, 3.8) is 0 Å². The molecule has 3 aromatic rings. The van der Waals surface area contributed by atoms with Crippen LogP contribution >= 0.6 is 0 Å². The Labute approximate surface area is 176 Å². The Morgan fingerprint density at radius 1 is 1.00 bits per heavy atom. The Hall–Kier alpha value is -2.69. The fourth-order valence-corrected chi connectivity index (χ4v) is 5.64. The van der Waals surface area contributed by atoms with Crippen LogP contribution < -0.4 is 10.0 Å². The second-order valence-corrected chi connectivity index (χ2v) is 10.4. The highest BCUT2D eigenvalue weighted by atomic mass is 32.2. The predicted molar refractivity (Wildman–Crippen MR) is 115 cm³/mol. The number of benzene rings is 2. The monoisotopic (exact) mass is 448 g/mol. The van der Waals surface area contributed by atoms with Crippen LogP contribution in [0.15, 0.2) is 75.9 Å². The van der Waals surface area contributed by atoms with Crippen molar-refractivity contribution in [1.82, 2.24) is 14.3 Å². The maximum absolute atomic E-state index is 13.0. The van der Waals surface area contributed by atoms with Crippen molar-refractivity contribution >= 4 is 25.5 Å². The number of nitrogens with one attached hydrogen (secondary N) is 2. The van der Waals surface area contributed by atoms with Gasteiger partial charge in [0.1, 0.15) is 0 Å². The molecule has 30 heavy (non-hydrogen) atoms. The van der Waals surface area contributed by atoms with Crippen LogP contribution in [-0.4, -0.2) is 40.0 Å². The summed E-state index contributed by atoms with van der Waals surface area (Å²) in [5.41, 5.74) is 1.25. The molecule has 1 heterocycles. The summed E-state index contributed by atoms with van der Waals surface area (Å²) in [5.74, 6) is 0. The SMILES string of the molecule is CNc1ccc(S(=O)(=O)c2ccc(C)c(S(=O)(=O)NCCCn3ccnc3)c2)cc1. The van der Waals surface area contributed by atoms with E-state index in [2.05, 4.69) is 15.0 Å². The van der Waals surface area contributed by atoms with Gasteiger partial charge in [-0.2, -0.15) is 0 Å². The first-order chi connectivity index (χ1) is 14.2. The minimum absolute atomic E-state index is 0.0435. The van der Waals surface area contributed by atoms with Crippen LogP contribution in [0.4, 0.5) is 5.69 Å². The van der Waals surface area contributed by atoms with Gasteiger partial charge >= 0.3 is 0 Å². The summed E-state index contributed by atoms with van der Waals surface area (Å²) in [5, 5.41) is 2.93. The number of sulfonamides is 1. The van der Waals surface area contributed by atoms with Crippen molar-refractivity contribution in [3.8, 4) is 0 Å². The molecule has 0 aliphatic carbocycles. The Morgan fingerprint density at radius 2 is 1.70 bits per heavy atom. The molecule has 8 nitrogen and oxygen atoms in total. The predicted octanol–water partition coefficient (Wildman–Crippen LogP) is 2.43. The molecule has 0 atom stereocenters. The molecule has 0 amide bonds. The molecule has 3 rings (SSSR count). The van der Waals surface area contributed by atoms with Crippen LogP contribution in [0.2, 0.25) is 0 Å². The van der Waals surface area contributed by atoms with Gasteiger partial charge in [-0.25, -0.2) is 26.5 Å². The van der Waals surface area contributed by atoms with E-state index < -0.39 is 19.9 Å². The van der Waals surface area contributed by atoms with Crippen molar-refractivity contribution in [2.75, 3.05) is 18.9 Å². The zero-order valence-electron chi connectivity index (χ0n) is 16.7. The minimum Gasteiger partial charge on any atom is -0.388 e. The van der Waals surface area contributed by atoms with Gasteiger partial charge in [0.2, 0.25) is 19.9 Å². The maximum Gasteiger partial charge on any atom is 0.240 e. The van der Waals surface area contributed by atoms with Crippen molar-refractivity contribution < 1.29 is 16.8 Å². The molecule has 10 heteroatoms. The first-order valence-electron chi connectivity index (χ1n) is 9.33. The van der Waals surface area contributed by atoms with Gasteiger partial charge in [0.05, 0.1) is 21.0 Å². The zero-order chi connectivity index (χ0) is 21.8. The van der Waals surface area contributed by atoms with E-state index in [9.17, 15) is 16.8 Å². The largest absolute Gasteiger partial charge is 0.388 e. The molecule has 0 radical (unpaired) electrons. The van der Waals surface area contributed by atoms with Crippen molar-refractivity contribution in [3.05, 3.63) is 66.7 Å². The molecular weight excluding hydrogens is 424 g/mol. The van der Waals surface area contributed by atoms with Gasteiger partial charge < -0.3 is 9.88 Å². The van der Waals surface area contributed by atoms with Gasteiger partial charge in [0, 0.05) is 38.2 Å². The molecule has 0 unspecified atom stereocenters. The van der Waals surface area contributed by atoms with E-state index in [1.54, 1.807) is 44.8 Å². The molecule has 160 valence electrons. The van der Waals surface area contributed by atoms with Gasteiger partial charge in [0.15, 0.2) is 0 Å². The smallest absolute Gasteiger partial charge is 0.240 e. The van der Waals surface area contributed by atoms with Crippen LogP contribution in [-0.2, 0) is 26.4 Å². The molecule has 1 aromatic heterocycles. The number of imidazole rings is 1. The maximum atomic E-state index is 13.0. The number of aromatic nitrogens is 2. The highest BCUT2D eigenvalue weighted by molar-refractivity contribution is 7.91. The van der Waals surface area contributed by atoms with Crippen LogP contribution in [0.5, 0.6) is 0 Å². The summed E-state index contributed by atoms with van der Waals surface area (Å²) in [6.45, 7) is 2.49. The third kappa shape index (κ3) is 4.89. The average molecular weight is 449 g/mol. The number of anilines is 1. The van der Waals surface area contributed by atoms with E-state index in [4.69, 9.17) is 0 Å². The van der Waals surface area contributed by atoms with E-state index >= 15 is 0 Å². The number of hydrogen-bond donors (Lipinski definition) is 2. The van der Waals surface area contributed by atoms with Crippen molar-refractivity contribution in [2.24, 2.45) is 0 Å². The molecule has 0 fully saturated rings. The summed E-state index contributed by atoms with van der Waals surface area (Å²) in [6, 6.07) is 10.4. The van der Waals surface area contributed by atoms with Crippen LogP contribution in [0.3, 0.4) is 0 Å². The second-order valence-electron chi connectivity index (χ2n) is 6.76. The molecule has 0 aliphatic heterocycles. The molecular formula is C20H24N4O4S2. The zero-order valence-corrected chi connectivity index (χ0v) is 18.4. The van der Waals surface area contributed by atoms with Crippen LogP contribution in [0.1, 0.15) is 12.0 Å². The quantitative estimate of drug-likeness (QED) is 0.487. The lowest BCUT2D eigenvalue weighted by atomic mass is 10.2. The number of sulfone groups is 1. The van der Waals surface area contributed by atoms with E-state index in [-0.39, 0.29) is 21.2 Å². The molecule has 0 bridgehead atoms. The Bertz CT molecular complexity index is 1200. The lowest BCUT2D eigenvalue weighted by molar-refractivity contribution is 0.569. The van der Waals surface area contributed by atoms with Gasteiger partial charge in [-0.05, 0) is 55.3 Å². The Kier molecular flexibility index (Phi) is 6.59. The number of rotatable bonds is 9. The fourth-order valence-electron chi connectivity index (χ4n) is 2.94. The van der Waals surface area contributed by atoms with E-state index in [1.807, 2.05) is 4.57 Å². The van der Waals surface area contributed by atoms with E-state index in [1.165, 1.54) is 30.3 Å². The molecule has 0 saturated heterocycles. The Balaban J connectivity index is 1.80. The van der Waals surface area contributed by atoms with Crippen molar-refractivity contribution in [2.45, 2.75) is 34.6 Å². The minimum atomic E-state index is -3.86. The summed E-state index contributed by atoms with van der Waals surface area (Å²) >= 11 is 0. The lowest BCUT2D eigenvalue weighted by Crippen LogP contribution is -2.26. The van der Waals surface area contributed by atoms with Gasteiger partial charge in [-0.3, -0.25) is 0 Å². The topological polar surface area (TPSA) is 110 Å². The summed E-state index contributed by atoms with van der Waals surface area (Å²) in [7, 11) is -5.97. The summed E-state index contributed by atoms with van der Waals surface area (Å²) in [4.78, 5) is 3.93. The van der Waals surface area contributed by atoms with Crippen LogP contribution in [0, 0.1) is 6.92 Å². The summed E-state index contributed by atoms with van der Waals surface area (Å²) in [6.07, 6.45) is 5.70. The van der Waals surface area contributed by atoms with Crippen LogP contribution in [0.25, 0.3) is 0 Å². The first kappa shape index (κ1) is 22.0. The standard InChI is InChI=1S/C20H24N4O4S2/c1-16-4-7-19(29(25,26)18-8-5-17(21-2)6-9-18)14-20(16)30(27,28)23-10-3-12-24-13-11-22-15-24/h4-9,11,13-15,21,23H,3,10,12H2,1-2H3. The normalized spacial score (nSPS) is 12.1. The van der Waals surface area contributed by atoms with E-state index in [0.29, 0.717) is 18.5 Å². The molecule has 2 aromatic carbocycles. The lowest BCUT2D eigenvalue weighted by Gasteiger charge is -2.12. The third-order valence-corrected chi connectivity index (χ3v) is 8.03. The molecule has 0 saturated carbocycles. The van der Waals surface area contributed by atoms with Gasteiger partial charge in [-0.1, -0.05) is 6.07 Å². The summed E-state index contributed by atoms with van der Waals surface area (Å²) < 4.78 is 55.9. The van der Waals surface area contributed by atoms with Gasteiger partial charge in [-0.15, -0.1) is 0 Å². The molecule has 0 aliphatic rings. The third-order valence-electron chi connectivity index (χ3n) is 4.66. The number of hydrogen-bond acceptors (Lipinski definition) is 6. The average Bonchev–Trinajstić information content (AvgIpc) is 3.25. The fraction of sp³-hybridized carbons (Fsp3) is 0.250. The molecule has 0 spiro atoms. The number of nitrogens with zero attached hydrogens (tertiary/aromatic N) is 2. The second kappa shape index (κ2) is 8.99. The highest BCUT2D eigenvalue weighted by Crippen LogP contribution is 2.26. The van der Waals surface area contributed by atoms with Crippen molar-refractivity contribution in [1.29, 1.82) is 0 Å². The van der Waals surface area contributed by atoms with Gasteiger partial charge in [0.25, 0.3) is 0 Å².